The minimum absolute atomic E-state index is 0.00241. The van der Waals surface area contributed by atoms with Crippen LogP contribution in [0.2, 0.25) is 5.02 Å². The van der Waals surface area contributed by atoms with Gasteiger partial charge in [-0.3, -0.25) is 4.79 Å². The molecule has 0 fully saturated rings. The molecular weight excluding hydrogens is 355 g/mol. The maximum Gasteiger partial charge on any atom is 0.268 e. The zero-order chi connectivity index (χ0) is 18.3. The summed E-state index contributed by atoms with van der Waals surface area (Å²) in [5.41, 5.74) is 1.79. The van der Waals surface area contributed by atoms with Gasteiger partial charge in [-0.05, 0) is 30.7 Å². The van der Waals surface area contributed by atoms with Crippen molar-refractivity contribution in [1.29, 1.82) is 0 Å². The topological polar surface area (TPSA) is 43.3 Å². The van der Waals surface area contributed by atoms with Gasteiger partial charge in [-0.1, -0.05) is 36.7 Å². The first kappa shape index (κ1) is 16.9. The smallest absolute Gasteiger partial charge is 0.268 e. The number of amides is 1. The fourth-order valence-corrected chi connectivity index (χ4v) is 3.53. The standard InChI is InChI=1S/C20H18ClFN2O2/c1-2-13-11-24-17(9-14-15(21)7-8-18(26-13)19(14)24)20(25)23-10-12-5-3-4-6-16(12)22/h3-9,13H,2,10-11H2,1H3,(H,23,25)/t13-/m1/s1. The molecular formula is C20H18ClFN2O2. The Kier molecular flexibility index (Phi) is 4.32. The minimum Gasteiger partial charge on any atom is -0.486 e. The van der Waals surface area contributed by atoms with Crippen molar-refractivity contribution in [2.75, 3.05) is 0 Å². The van der Waals surface area contributed by atoms with Crippen LogP contribution in [0.25, 0.3) is 10.9 Å². The molecule has 1 aromatic heterocycles. The van der Waals surface area contributed by atoms with Gasteiger partial charge in [-0.2, -0.15) is 0 Å². The molecule has 26 heavy (non-hydrogen) atoms. The number of hydrogen-bond donors (Lipinski definition) is 1. The number of carbonyl (C=O) groups is 1. The molecule has 1 aliphatic rings. The highest BCUT2D eigenvalue weighted by Crippen LogP contribution is 2.38. The van der Waals surface area contributed by atoms with Crippen molar-refractivity contribution in [3.05, 3.63) is 64.6 Å². The van der Waals surface area contributed by atoms with E-state index >= 15 is 0 Å². The van der Waals surface area contributed by atoms with Crippen molar-refractivity contribution in [1.82, 2.24) is 9.88 Å². The van der Waals surface area contributed by atoms with Crippen LogP contribution in [0.5, 0.6) is 5.75 Å². The number of carbonyl (C=O) groups excluding carboxylic acids is 1. The van der Waals surface area contributed by atoms with Crippen LogP contribution in [-0.4, -0.2) is 16.6 Å². The van der Waals surface area contributed by atoms with Gasteiger partial charge in [0.1, 0.15) is 23.4 Å². The van der Waals surface area contributed by atoms with E-state index in [1.807, 2.05) is 17.6 Å². The van der Waals surface area contributed by atoms with Gasteiger partial charge in [-0.15, -0.1) is 0 Å². The second-order valence-corrected chi connectivity index (χ2v) is 6.78. The third-order valence-electron chi connectivity index (χ3n) is 4.73. The lowest BCUT2D eigenvalue weighted by Crippen LogP contribution is -2.31. The number of halogens is 2. The lowest BCUT2D eigenvalue weighted by molar-refractivity contribution is 0.0935. The van der Waals surface area contributed by atoms with Gasteiger partial charge in [-0.25, -0.2) is 4.39 Å². The first-order valence-electron chi connectivity index (χ1n) is 8.58. The molecule has 4 nitrogen and oxygen atoms in total. The van der Waals surface area contributed by atoms with Crippen LogP contribution < -0.4 is 10.1 Å². The monoisotopic (exact) mass is 372 g/mol. The highest BCUT2D eigenvalue weighted by atomic mass is 35.5. The second kappa shape index (κ2) is 6.65. The van der Waals surface area contributed by atoms with Crippen LogP contribution in [0.1, 0.15) is 29.4 Å². The van der Waals surface area contributed by atoms with E-state index in [9.17, 15) is 9.18 Å². The van der Waals surface area contributed by atoms with E-state index in [0.717, 1.165) is 23.1 Å². The number of rotatable bonds is 4. The number of ether oxygens (including phenoxy) is 1. The van der Waals surface area contributed by atoms with Crippen molar-refractivity contribution in [2.24, 2.45) is 0 Å². The first-order chi connectivity index (χ1) is 12.6. The minimum atomic E-state index is -0.334. The third-order valence-corrected chi connectivity index (χ3v) is 5.06. The van der Waals surface area contributed by atoms with E-state index in [1.165, 1.54) is 6.07 Å². The third kappa shape index (κ3) is 2.82. The van der Waals surface area contributed by atoms with Crippen LogP contribution >= 0.6 is 11.6 Å². The van der Waals surface area contributed by atoms with Gasteiger partial charge in [0.25, 0.3) is 5.91 Å². The lowest BCUT2D eigenvalue weighted by atomic mass is 10.2. The molecule has 134 valence electrons. The molecule has 1 amide bonds. The quantitative estimate of drug-likeness (QED) is 0.731. The largest absolute Gasteiger partial charge is 0.486 e. The van der Waals surface area contributed by atoms with E-state index in [2.05, 4.69) is 5.32 Å². The summed E-state index contributed by atoms with van der Waals surface area (Å²) in [5, 5.41) is 4.16. The average molecular weight is 373 g/mol. The van der Waals surface area contributed by atoms with Gasteiger partial charge in [0.2, 0.25) is 0 Å². The molecule has 4 rings (SSSR count). The van der Waals surface area contributed by atoms with Crippen LogP contribution in [0.15, 0.2) is 42.5 Å². The molecule has 1 aliphatic heterocycles. The Bertz CT molecular complexity index is 999. The summed E-state index contributed by atoms with van der Waals surface area (Å²) in [6.07, 6.45) is 0.829. The van der Waals surface area contributed by atoms with Crippen LogP contribution in [-0.2, 0) is 13.1 Å². The molecule has 3 aromatic rings. The van der Waals surface area contributed by atoms with Gasteiger partial charge >= 0.3 is 0 Å². The number of aromatic nitrogens is 1. The van der Waals surface area contributed by atoms with Crippen molar-refractivity contribution in [3.8, 4) is 5.75 Å². The zero-order valence-electron chi connectivity index (χ0n) is 14.3. The maximum absolute atomic E-state index is 13.8. The van der Waals surface area contributed by atoms with Crippen LogP contribution in [0.4, 0.5) is 4.39 Å². The Morgan fingerprint density at radius 1 is 1.35 bits per heavy atom. The molecule has 0 saturated heterocycles. The van der Waals surface area contributed by atoms with Crippen LogP contribution in [0.3, 0.4) is 0 Å². The Morgan fingerprint density at radius 3 is 2.92 bits per heavy atom. The lowest BCUT2D eigenvalue weighted by Gasteiger charge is -2.26. The summed E-state index contributed by atoms with van der Waals surface area (Å²) >= 11 is 6.31. The summed E-state index contributed by atoms with van der Waals surface area (Å²) in [6.45, 7) is 2.75. The highest BCUT2D eigenvalue weighted by Gasteiger charge is 2.27. The van der Waals surface area contributed by atoms with Gasteiger partial charge in [0.15, 0.2) is 0 Å². The van der Waals surface area contributed by atoms with Crippen molar-refractivity contribution < 1.29 is 13.9 Å². The Balaban J connectivity index is 1.69. The van der Waals surface area contributed by atoms with Gasteiger partial charge < -0.3 is 14.6 Å². The molecule has 2 aromatic carbocycles. The van der Waals surface area contributed by atoms with E-state index in [4.69, 9.17) is 16.3 Å². The van der Waals surface area contributed by atoms with E-state index in [1.54, 1.807) is 30.3 Å². The van der Waals surface area contributed by atoms with E-state index in [0.29, 0.717) is 22.8 Å². The summed E-state index contributed by atoms with van der Waals surface area (Å²) in [5.74, 6) is 0.137. The summed E-state index contributed by atoms with van der Waals surface area (Å²) in [6, 6.07) is 11.8. The molecule has 0 unspecified atom stereocenters. The van der Waals surface area contributed by atoms with Crippen molar-refractivity contribution in [2.45, 2.75) is 32.5 Å². The second-order valence-electron chi connectivity index (χ2n) is 6.37. The van der Waals surface area contributed by atoms with Crippen LogP contribution in [0, 0.1) is 5.82 Å². The Hall–Kier alpha value is -2.53. The SMILES string of the molecule is CC[C@@H]1Cn2c(C(=O)NCc3ccccc3F)cc3c(Cl)ccc(c32)O1. The highest BCUT2D eigenvalue weighted by molar-refractivity contribution is 6.36. The first-order valence-corrected chi connectivity index (χ1v) is 8.96. The van der Waals surface area contributed by atoms with Gasteiger partial charge in [0.05, 0.1) is 17.1 Å². The normalized spacial score (nSPS) is 15.7. The molecule has 0 spiro atoms. The molecule has 1 N–H and O–H groups in total. The fraction of sp³-hybridized carbons (Fsp3) is 0.250. The molecule has 6 heteroatoms. The van der Waals surface area contributed by atoms with Gasteiger partial charge in [0, 0.05) is 17.5 Å². The molecule has 0 aliphatic carbocycles. The zero-order valence-corrected chi connectivity index (χ0v) is 15.0. The number of nitrogens with zero attached hydrogens (tertiary/aromatic N) is 1. The summed E-state index contributed by atoms with van der Waals surface area (Å²) in [7, 11) is 0. The maximum atomic E-state index is 13.8. The molecule has 0 saturated carbocycles. The fourth-order valence-electron chi connectivity index (χ4n) is 3.33. The summed E-state index contributed by atoms with van der Waals surface area (Å²) < 4.78 is 21.7. The predicted molar refractivity (Wildman–Crippen MR) is 99.2 cm³/mol. The molecule has 0 radical (unpaired) electrons. The van der Waals surface area contributed by atoms with E-state index < -0.39 is 0 Å². The number of nitrogens with one attached hydrogen (secondary N) is 1. The number of benzene rings is 2. The number of hydrogen-bond acceptors (Lipinski definition) is 2. The molecule has 2 heterocycles. The van der Waals surface area contributed by atoms with Crippen molar-refractivity contribution >= 4 is 28.4 Å². The predicted octanol–water partition coefficient (Wildman–Crippen LogP) is 4.53. The Labute approximate surface area is 155 Å². The molecule has 0 bridgehead atoms. The Morgan fingerprint density at radius 2 is 2.15 bits per heavy atom. The summed E-state index contributed by atoms with van der Waals surface area (Å²) in [4.78, 5) is 12.8. The average Bonchev–Trinajstić information content (AvgIpc) is 3.04. The van der Waals surface area contributed by atoms with E-state index in [-0.39, 0.29) is 24.4 Å². The van der Waals surface area contributed by atoms with Crippen molar-refractivity contribution in [3.63, 3.8) is 0 Å². The molecule has 1 atom stereocenters.